The van der Waals surface area contributed by atoms with Crippen molar-refractivity contribution in [2.24, 2.45) is 5.92 Å². The molecule has 0 aromatic heterocycles. The van der Waals surface area contributed by atoms with Crippen molar-refractivity contribution in [1.82, 2.24) is 10.0 Å². The lowest BCUT2D eigenvalue weighted by atomic mass is 9.94. The summed E-state index contributed by atoms with van der Waals surface area (Å²) in [5.74, 6) is -1.54. The molecule has 1 amide bonds. The SMILES string of the molecule is CNS(=O)(=O)c1ccc(CCC(=O)N[C@H]2CCCCC[C@H]2C(=O)O)cc1. The van der Waals surface area contributed by atoms with Crippen molar-refractivity contribution >= 4 is 21.9 Å². The fraction of sp³-hybridized carbons (Fsp3) is 0.556. The van der Waals surface area contributed by atoms with Gasteiger partial charge >= 0.3 is 5.97 Å². The highest BCUT2D eigenvalue weighted by Gasteiger charge is 2.30. The third kappa shape index (κ3) is 5.54. The first kappa shape index (κ1) is 20.4. The number of benzene rings is 1. The van der Waals surface area contributed by atoms with Gasteiger partial charge in [0.2, 0.25) is 15.9 Å². The van der Waals surface area contributed by atoms with Gasteiger partial charge in [-0.1, -0.05) is 31.4 Å². The van der Waals surface area contributed by atoms with Gasteiger partial charge in [-0.25, -0.2) is 13.1 Å². The normalized spacial score (nSPS) is 21.0. The van der Waals surface area contributed by atoms with Gasteiger partial charge in [0.25, 0.3) is 0 Å². The molecule has 1 aliphatic carbocycles. The first-order valence-electron chi connectivity index (χ1n) is 8.88. The van der Waals surface area contributed by atoms with E-state index in [1.165, 1.54) is 19.2 Å². The zero-order valence-electron chi connectivity index (χ0n) is 14.9. The lowest BCUT2D eigenvalue weighted by Gasteiger charge is -2.22. The number of hydrogen-bond donors (Lipinski definition) is 3. The summed E-state index contributed by atoms with van der Waals surface area (Å²) in [5, 5.41) is 12.2. The van der Waals surface area contributed by atoms with E-state index in [1.807, 2.05) is 0 Å². The van der Waals surface area contributed by atoms with Crippen molar-refractivity contribution in [1.29, 1.82) is 0 Å². The summed E-state index contributed by atoms with van der Waals surface area (Å²) >= 11 is 0. The molecular formula is C18H26N2O5S. The zero-order chi connectivity index (χ0) is 19.2. The molecule has 1 aliphatic rings. The van der Waals surface area contributed by atoms with Crippen LogP contribution in [0.3, 0.4) is 0 Å². The second-order valence-electron chi connectivity index (χ2n) is 6.61. The van der Waals surface area contributed by atoms with Crippen molar-refractivity contribution in [2.45, 2.75) is 55.9 Å². The Hall–Kier alpha value is -1.93. The van der Waals surface area contributed by atoms with Crippen LogP contribution < -0.4 is 10.0 Å². The standard InChI is InChI=1S/C18H26N2O5S/c1-19-26(24,25)14-10-7-13(8-11-14)9-12-17(21)20-16-6-4-2-3-5-15(16)18(22)23/h7-8,10-11,15-16,19H,2-6,9,12H2,1H3,(H,20,21)(H,22,23)/t15-,16+/m1/s1. The molecule has 2 rings (SSSR count). The lowest BCUT2D eigenvalue weighted by molar-refractivity contribution is -0.143. The number of nitrogens with one attached hydrogen (secondary N) is 2. The summed E-state index contributed by atoms with van der Waals surface area (Å²) in [6, 6.07) is 6.06. The lowest BCUT2D eigenvalue weighted by Crippen LogP contribution is -2.42. The summed E-state index contributed by atoms with van der Waals surface area (Å²) in [6.45, 7) is 0. The number of aryl methyl sites for hydroxylation is 1. The van der Waals surface area contributed by atoms with E-state index in [2.05, 4.69) is 10.0 Å². The van der Waals surface area contributed by atoms with Crippen LogP contribution in [0.2, 0.25) is 0 Å². The van der Waals surface area contributed by atoms with Crippen LogP contribution in [0.15, 0.2) is 29.2 Å². The molecule has 144 valence electrons. The van der Waals surface area contributed by atoms with Gasteiger partial charge in [-0.05, 0) is 44.0 Å². The van der Waals surface area contributed by atoms with Crippen LogP contribution in [0.25, 0.3) is 0 Å². The third-order valence-electron chi connectivity index (χ3n) is 4.82. The van der Waals surface area contributed by atoms with Crippen LogP contribution in [-0.2, 0) is 26.0 Å². The van der Waals surface area contributed by atoms with E-state index in [4.69, 9.17) is 0 Å². The van der Waals surface area contributed by atoms with Gasteiger partial charge in [0.05, 0.1) is 10.8 Å². The number of carbonyl (C=O) groups is 2. The fourth-order valence-corrected chi connectivity index (χ4v) is 4.00. The number of amides is 1. The molecule has 8 heteroatoms. The summed E-state index contributed by atoms with van der Waals surface area (Å²) < 4.78 is 25.6. The minimum absolute atomic E-state index is 0.171. The summed E-state index contributed by atoms with van der Waals surface area (Å²) in [6.07, 6.45) is 4.80. The van der Waals surface area contributed by atoms with Crippen LogP contribution >= 0.6 is 0 Å². The van der Waals surface area contributed by atoms with Gasteiger partial charge in [-0.15, -0.1) is 0 Å². The Labute approximate surface area is 154 Å². The molecule has 0 unspecified atom stereocenters. The van der Waals surface area contributed by atoms with Crippen molar-refractivity contribution in [3.05, 3.63) is 29.8 Å². The number of carboxylic acid groups (broad SMARTS) is 1. The predicted molar refractivity (Wildman–Crippen MR) is 97.2 cm³/mol. The van der Waals surface area contributed by atoms with Gasteiger partial charge in [0.15, 0.2) is 0 Å². The molecule has 0 radical (unpaired) electrons. The number of carbonyl (C=O) groups excluding carboxylic acids is 1. The fourth-order valence-electron chi connectivity index (χ4n) is 3.27. The van der Waals surface area contributed by atoms with E-state index in [9.17, 15) is 23.1 Å². The average molecular weight is 382 g/mol. The van der Waals surface area contributed by atoms with E-state index >= 15 is 0 Å². The molecule has 0 heterocycles. The summed E-state index contributed by atoms with van der Waals surface area (Å²) in [5.41, 5.74) is 0.853. The Kier molecular flexibility index (Phi) is 7.16. The van der Waals surface area contributed by atoms with Crippen LogP contribution in [0.5, 0.6) is 0 Å². The van der Waals surface area contributed by atoms with Gasteiger partial charge in [-0.2, -0.15) is 0 Å². The predicted octanol–water partition coefficient (Wildman–Crippen LogP) is 1.68. The Morgan fingerprint density at radius 1 is 1.12 bits per heavy atom. The maximum absolute atomic E-state index is 12.2. The first-order chi connectivity index (χ1) is 12.3. The molecular weight excluding hydrogens is 356 g/mol. The average Bonchev–Trinajstić information content (AvgIpc) is 2.86. The molecule has 0 spiro atoms. The van der Waals surface area contributed by atoms with Gasteiger partial charge in [0, 0.05) is 12.5 Å². The number of carboxylic acids is 1. The quantitative estimate of drug-likeness (QED) is 0.621. The maximum atomic E-state index is 12.2. The summed E-state index contributed by atoms with van der Waals surface area (Å²) in [4.78, 5) is 23.8. The van der Waals surface area contributed by atoms with Crippen LogP contribution in [0.4, 0.5) is 0 Å². The van der Waals surface area contributed by atoms with Crippen LogP contribution in [0.1, 0.15) is 44.1 Å². The minimum atomic E-state index is -3.47. The van der Waals surface area contributed by atoms with Gasteiger partial charge < -0.3 is 10.4 Å². The Morgan fingerprint density at radius 3 is 2.38 bits per heavy atom. The number of hydrogen-bond acceptors (Lipinski definition) is 4. The zero-order valence-corrected chi connectivity index (χ0v) is 15.7. The highest BCUT2D eigenvalue weighted by atomic mass is 32.2. The second kappa shape index (κ2) is 9.14. The second-order valence-corrected chi connectivity index (χ2v) is 8.49. The van der Waals surface area contributed by atoms with E-state index in [1.54, 1.807) is 12.1 Å². The molecule has 0 bridgehead atoms. The van der Waals surface area contributed by atoms with Crippen LogP contribution in [-0.4, -0.2) is 38.5 Å². The monoisotopic (exact) mass is 382 g/mol. The molecule has 2 atom stereocenters. The molecule has 0 saturated heterocycles. The van der Waals surface area contributed by atoms with E-state index in [0.29, 0.717) is 19.3 Å². The third-order valence-corrected chi connectivity index (χ3v) is 6.25. The van der Waals surface area contributed by atoms with E-state index in [0.717, 1.165) is 24.8 Å². The van der Waals surface area contributed by atoms with Crippen LogP contribution in [0, 0.1) is 5.92 Å². The van der Waals surface area contributed by atoms with Crippen molar-refractivity contribution < 1.29 is 23.1 Å². The van der Waals surface area contributed by atoms with Gasteiger partial charge in [0.1, 0.15) is 0 Å². The molecule has 1 saturated carbocycles. The Balaban J connectivity index is 1.90. The Morgan fingerprint density at radius 2 is 1.77 bits per heavy atom. The van der Waals surface area contributed by atoms with Crippen molar-refractivity contribution in [3.63, 3.8) is 0 Å². The summed E-state index contributed by atoms with van der Waals surface area (Å²) in [7, 11) is -2.12. The van der Waals surface area contributed by atoms with Gasteiger partial charge in [-0.3, -0.25) is 9.59 Å². The van der Waals surface area contributed by atoms with Crippen molar-refractivity contribution in [2.75, 3.05) is 7.05 Å². The topological polar surface area (TPSA) is 113 Å². The first-order valence-corrected chi connectivity index (χ1v) is 10.4. The number of rotatable bonds is 7. The van der Waals surface area contributed by atoms with Crippen molar-refractivity contribution in [3.8, 4) is 0 Å². The largest absolute Gasteiger partial charge is 0.481 e. The van der Waals surface area contributed by atoms with E-state index in [-0.39, 0.29) is 23.3 Å². The number of sulfonamides is 1. The molecule has 1 fully saturated rings. The van der Waals surface area contributed by atoms with E-state index < -0.39 is 21.9 Å². The molecule has 1 aromatic rings. The Bertz CT molecular complexity index is 730. The highest BCUT2D eigenvalue weighted by Crippen LogP contribution is 2.24. The minimum Gasteiger partial charge on any atom is -0.481 e. The molecule has 3 N–H and O–H groups in total. The number of aliphatic carboxylic acids is 1. The smallest absolute Gasteiger partial charge is 0.308 e. The highest BCUT2D eigenvalue weighted by molar-refractivity contribution is 7.89. The molecule has 0 aliphatic heterocycles. The molecule has 1 aromatic carbocycles. The molecule has 26 heavy (non-hydrogen) atoms. The molecule has 7 nitrogen and oxygen atoms in total. The maximum Gasteiger partial charge on any atom is 0.308 e.